The summed E-state index contributed by atoms with van der Waals surface area (Å²) in [7, 11) is 0. The van der Waals surface area contributed by atoms with Crippen LogP contribution in [0.2, 0.25) is 0 Å². The lowest BCUT2D eigenvalue weighted by atomic mass is 9.94. The van der Waals surface area contributed by atoms with Crippen molar-refractivity contribution in [2.24, 2.45) is 11.7 Å². The number of rotatable bonds is 6. The van der Waals surface area contributed by atoms with Crippen LogP contribution >= 0.6 is 0 Å². The highest BCUT2D eigenvalue weighted by Gasteiger charge is 2.42. The highest BCUT2D eigenvalue weighted by Crippen LogP contribution is 2.39. The van der Waals surface area contributed by atoms with Gasteiger partial charge in [-0.3, -0.25) is 0 Å². The molecular weight excluding hydrogens is 224 g/mol. The van der Waals surface area contributed by atoms with Gasteiger partial charge in [0.1, 0.15) is 0 Å². The first-order valence-electron chi connectivity index (χ1n) is 6.81. The Morgan fingerprint density at radius 2 is 2.06 bits per heavy atom. The molecule has 0 heterocycles. The van der Waals surface area contributed by atoms with Gasteiger partial charge in [0.25, 0.3) is 0 Å². The summed E-state index contributed by atoms with van der Waals surface area (Å²) in [5.41, 5.74) is 8.41. The maximum atomic E-state index is 9.60. The quantitative estimate of drug-likeness (QED) is 0.808. The molecule has 0 bridgehead atoms. The molecule has 0 spiro atoms. The molecule has 2 rings (SSSR count). The molecule has 0 aliphatic heterocycles. The molecule has 100 valence electrons. The van der Waals surface area contributed by atoms with Gasteiger partial charge in [0.2, 0.25) is 0 Å². The van der Waals surface area contributed by atoms with E-state index in [0.717, 1.165) is 25.9 Å². The second kappa shape index (κ2) is 5.29. The molecule has 1 saturated carbocycles. The van der Waals surface area contributed by atoms with E-state index in [9.17, 15) is 5.11 Å². The number of para-hydroxylation sites is 1. The Balaban J connectivity index is 2.16. The first kappa shape index (κ1) is 13.4. The van der Waals surface area contributed by atoms with Crippen molar-refractivity contribution in [2.45, 2.75) is 32.2 Å². The fourth-order valence-electron chi connectivity index (χ4n) is 2.61. The third-order valence-electron chi connectivity index (χ3n) is 4.01. The van der Waals surface area contributed by atoms with Gasteiger partial charge in [-0.2, -0.15) is 0 Å². The Morgan fingerprint density at radius 1 is 1.39 bits per heavy atom. The topological polar surface area (TPSA) is 49.5 Å². The van der Waals surface area contributed by atoms with Crippen LogP contribution in [0.4, 0.5) is 5.69 Å². The molecule has 0 aromatic heterocycles. The van der Waals surface area contributed by atoms with Gasteiger partial charge >= 0.3 is 0 Å². The van der Waals surface area contributed by atoms with E-state index in [0.29, 0.717) is 5.92 Å². The predicted molar refractivity (Wildman–Crippen MR) is 75.8 cm³/mol. The Morgan fingerprint density at radius 3 is 2.56 bits per heavy atom. The number of hydrogen-bond acceptors (Lipinski definition) is 3. The lowest BCUT2D eigenvalue weighted by Gasteiger charge is -2.35. The minimum Gasteiger partial charge on any atom is -0.394 e. The van der Waals surface area contributed by atoms with Crippen molar-refractivity contribution in [1.29, 1.82) is 0 Å². The first-order valence-corrected chi connectivity index (χ1v) is 6.81. The lowest BCUT2D eigenvalue weighted by Crippen LogP contribution is -2.55. The van der Waals surface area contributed by atoms with Gasteiger partial charge in [-0.1, -0.05) is 18.2 Å². The highest BCUT2D eigenvalue weighted by molar-refractivity contribution is 5.53. The van der Waals surface area contributed by atoms with Crippen molar-refractivity contribution in [2.75, 3.05) is 24.6 Å². The van der Waals surface area contributed by atoms with E-state index in [2.05, 4.69) is 43.0 Å². The summed E-state index contributed by atoms with van der Waals surface area (Å²) in [5.74, 6) is 0.487. The number of nitrogens with two attached hydrogens (primary N) is 1. The van der Waals surface area contributed by atoms with E-state index in [1.54, 1.807) is 0 Å². The summed E-state index contributed by atoms with van der Waals surface area (Å²) in [4.78, 5) is 2.28. The van der Waals surface area contributed by atoms with Crippen LogP contribution in [0.1, 0.15) is 25.3 Å². The van der Waals surface area contributed by atoms with Crippen LogP contribution in [0.5, 0.6) is 0 Å². The van der Waals surface area contributed by atoms with Gasteiger partial charge < -0.3 is 15.7 Å². The Kier molecular flexibility index (Phi) is 3.93. The Labute approximate surface area is 110 Å². The predicted octanol–water partition coefficient (Wildman–Crippen LogP) is 1.92. The van der Waals surface area contributed by atoms with Crippen LogP contribution in [0.3, 0.4) is 0 Å². The number of hydrogen-bond donors (Lipinski definition) is 2. The van der Waals surface area contributed by atoms with Gasteiger partial charge in [-0.25, -0.2) is 0 Å². The fraction of sp³-hybridized carbons (Fsp3) is 0.600. The molecule has 1 fully saturated rings. The van der Waals surface area contributed by atoms with Crippen LogP contribution < -0.4 is 10.6 Å². The standard InChI is InChI=1S/C15H24N2O/c1-3-17(14-7-5-4-6-12(14)2)10-15(16,11-18)13-8-9-13/h4-7,13,18H,3,8-11,16H2,1-2H3. The molecular formula is C15H24N2O. The molecule has 1 unspecified atom stereocenters. The molecule has 3 heteroatoms. The maximum Gasteiger partial charge on any atom is 0.0631 e. The SMILES string of the molecule is CCN(CC(N)(CO)C1CC1)c1ccccc1C. The molecule has 3 nitrogen and oxygen atoms in total. The first-order chi connectivity index (χ1) is 8.60. The average molecular weight is 248 g/mol. The number of anilines is 1. The molecule has 1 aromatic carbocycles. The van der Waals surface area contributed by atoms with Gasteiger partial charge in [0.15, 0.2) is 0 Å². The van der Waals surface area contributed by atoms with Crippen molar-refractivity contribution >= 4 is 5.69 Å². The second-order valence-electron chi connectivity index (χ2n) is 5.47. The van der Waals surface area contributed by atoms with Crippen LogP contribution in [0.25, 0.3) is 0 Å². The highest BCUT2D eigenvalue weighted by atomic mass is 16.3. The van der Waals surface area contributed by atoms with E-state index in [-0.39, 0.29) is 6.61 Å². The largest absolute Gasteiger partial charge is 0.394 e. The van der Waals surface area contributed by atoms with Gasteiger partial charge in [-0.15, -0.1) is 0 Å². The summed E-state index contributed by atoms with van der Waals surface area (Å²) < 4.78 is 0. The van der Waals surface area contributed by atoms with Crippen molar-refractivity contribution < 1.29 is 5.11 Å². The normalized spacial score (nSPS) is 18.4. The molecule has 1 atom stereocenters. The molecule has 1 aromatic rings. The number of aryl methyl sites for hydroxylation is 1. The fourth-order valence-corrected chi connectivity index (χ4v) is 2.61. The molecule has 0 saturated heterocycles. The van der Waals surface area contributed by atoms with Crippen molar-refractivity contribution in [3.63, 3.8) is 0 Å². The number of nitrogens with zero attached hydrogens (tertiary/aromatic N) is 1. The molecule has 18 heavy (non-hydrogen) atoms. The van der Waals surface area contributed by atoms with Crippen molar-refractivity contribution in [1.82, 2.24) is 0 Å². The smallest absolute Gasteiger partial charge is 0.0631 e. The van der Waals surface area contributed by atoms with Crippen molar-refractivity contribution in [3.8, 4) is 0 Å². The summed E-state index contributed by atoms with van der Waals surface area (Å²) in [5, 5.41) is 9.60. The zero-order valence-corrected chi connectivity index (χ0v) is 11.4. The van der Waals surface area contributed by atoms with Gasteiger partial charge in [-0.05, 0) is 44.2 Å². The van der Waals surface area contributed by atoms with Crippen LogP contribution in [-0.4, -0.2) is 30.3 Å². The van der Waals surface area contributed by atoms with Crippen LogP contribution in [-0.2, 0) is 0 Å². The van der Waals surface area contributed by atoms with Crippen molar-refractivity contribution in [3.05, 3.63) is 29.8 Å². The minimum atomic E-state index is -0.446. The monoisotopic (exact) mass is 248 g/mol. The third kappa shape index (κ3) is 2.68. The third-order valence-corrected chi connectivity index (χ3v) is 4.01. The number of likely N-dealkylation sites (N-methyl/N-ethyl adjacent to an activating group) is 1. The van der Waals surface area contributed by atoms with E-state index >= 15 is 0 Å². The lowest BCUT2D eigenvalue weighted by molar-refractivity contribution is 0.180. The number of aliphatic hydroxyl groups is 1. The van der Waals surface area contributed by atoms with E-state index < -0.39 is 5.54 Å². The zero-order valence-electron chi connectivity index (χ0n) is 11.4. The zero-order chi connectivity index (χ0) is 13.2. The molecule has 3 N–H and O–H groups in total. The maximum absolute atomic E-state index is 9.60. The molecule has 1 aliphatic rings. The number of benzene rings is 1. The Bertz CT molecular complexity index is 403. The Hall–Kier alpha value is -1.06. The summed E-state index contributed by atoms with van der Waals surface area (Å²) in [6, 6.07) is 8.35. The molecule has 0 radical (unpaired) electrons. The average Bonchev–Trinajstić information content (AvgIpc) is 3.21. The van der Waals surface area contributed by atoms with Gasteiger partial charge in [0, 0.05) is 18.8 Å². The second-order valence-corrected chi connectivity index (χ2v) is 5.47. The molecule has 0 amide bonds. The summed E-state index contributed by atoms with van der Waals surface area (Å²) >= 11 is 0. The minimum absolute atomic E-state index is 0.0695. The number of aliphatic hydroxyl groups excluding tert-OH is 1. The van der Waals surface area contributed by atoms with E-state index in [1.165, 1.54) is 11.3 Å². The van der Waals surface area contributed by atoms with Crippen LogP contribution in [0.15, 0.2) is 24.3 Å². The van der Waals surface area contributed by atoms with E-state index in [4.69, 9.17) is 5.73 Å². The van der Waals surface area contributed by atoms with Gasteiger partial charge in [0.05, 0.1) is 12.1 Å². The molecule has 1 aliphatic carbocycles. The van der Waals surface area contributed by atoms with Crippen LogP contribution in [0, 0.1) is 12.8 Å². The van der Waals surface area contributed by atoms with E-state index in [1.807, 2.05) is 0 Å². The summed E-state index contributed by atoms with van der Waals surface area (Å²) in [6.45, 7) is 5.97. The summed E-state index contributed by atoms with van der Waals surface area (Å²) in [6.07, 6.45) is 2.31.